The molecular weight excluding hydrogens is 767 g/mol. The summed E-state index contributed by atoms with van der Waals surface area (Å²) < 4.78 is 0. The van der Waals surface area contributed by atoms with E-state index in [1.165, 1.54) is 27.8 Å². The molecule has 0 amide bonds. The molecule has 1 atom stereocenters. The first-order valence-corrected chi connectivity index (χ1v) is 21.5. The van der Waals surface area contributed by atoms with Crippen molar-refractivity contribution in [3.05, 3.63) is 223 Å². The Balaban J connectivity index is 0.978. The molecule has 1 unspecified atom stereocenters. The van der Waals surface area contributed by atoms with Crippen molar-refractivity contribution in [3.8, 4) is 78.5 Å². The number of fused-ring (bicyclic) bond motifs is 3. The van der Waals surface area contributed by atoms with Gasteiger partial charge >= 0.3 is 0 Å². The summed E-state index contributed by atoms with van der Waals surface area (Å²) in [4.78, 5) is 22.6. The Morgan fingerprint density at radius 1 is 0.508 bits per heavy atom. The molecule has 11 rings (SSSR count). The molecule has 0 saturated heterocycles. The van der Waals surface area contributed by atoms with E-state index in [0.29, 0.717) is 5.82 Å². The number of allylic oxidation sites excluding steroid dienone is 4. The van der Waals surface area contributed by atoms with Crippen LogP contribution in [0.1, 0.15) is 18.2 Å². The predicted octanol–water partition coefficient (Wildman–Crippen LogP) is 13.8. The van der Waals surface area contributed by atoms with E-state index >= 15 is 0 Å². The van der Waals surface area contributed by atoms with Gasteiger partial charge in [-0.25, -0.2) is 15.0 Å². The van der Waals surface area contributed by atoms with Crippen molar-refractivity contribution in [3.63, 3.8) is 0 Å². The van der Waals surface area contributed by atoms with E-state index in [1.807, 2.05) is 18.5 Å². The van der Waals surface area contributed by atoms with Crippen LogP contribution in [0, 0.1) is 0 Å². The van der Waals surface area contributed by atoms with Crippen LogP contribution in [-0.2, 0) is 6.42 Å². The molecule has 0 bridgehead atoms. The third kappa shape index (κ3) is 7.24. The van der Waals surface area contributed by atoms with Gasteiger partial charge in [0.15, 0.2) is 5.82 Å². The van der Waals surface area contributed by atoms with Gasteiger partial charge in [-0.15, -0.1) is 0 Å². The zero-order valence-electron chi connectivity index (χ0n) is 35.2. The zero-order chi connectivity index (χ0) is 42.3. The Morgan fingerprint density at radius 2 is 1.14 bits per heavy atom. The average Bonchev–Trinajstić information content (AvgIpc) is 3.55. The number of benzene rings is 6. The highest BCUT2D eigenvalue weighted by atomic mass is 15.1. The van der Waals surface area contributed by atoms with E-state index in [1.54, 1.807) is 0 Å². The van der Waals surface area contributed by atoms with Crippen LogP contribution in [-0.4, -0.2) is 37.9 Å². The number of hydrogen-bond acceptors (Lipinski definition) is 5. The molecule has 0 fully saturated rings. The largest absolute Gasteiger partial charge is 0.366 e. The van der Waals surface area contributed by atoms with Crippen LogP contribution in [0.2, 0.25) is 0 Å². The smallest absolute Gasteiger partial charge is 0.160 e. The minimum Gasteiger partial charge on any atom is -0.366 e. The lowest BCUT2D eigenvalue weighted by atomic mass is 9.91. The number of likely N-dealkylation sites (N-methyl/N-ethyl adjacent to an activating group) is 1. The lowest BCUT2D eigenvalue weighted by molar-refractivity contribution is 0.422. The average molecular weight is 810 g/mol. The van der Waals surface area contributed by atoms with Crippen molar-refractivity contribution in [2.75, 3.05) is 7.05 Å². The van der Waals surface area contributed by atoms with E-state index in [9.17, 15) is 0 Å². The summed E-state index contributed by atoms with van der Waals surface area (Å²) in [5, 5.41) is 2.28. The highest BCUT2D eigenvalue weighted by Gasteiger charge is 2.27. The lowest BCUT2D eigenvalue weighted by Gasteiger charge is -2.32. The number of nitrogens with zero attached hydrogens (tertiary/aromatic N) is 5. The van der Waals surface area contributed by atoms with E-state index in [4.69, 9.17) is 15.0 Å². The first-order chi connectivity index (χ1) is 31.0. The van der Waals surface area contributed by atoms with Gasteiger partial charge in [0.25, 0.3) is 0 Å². The molecule has 0 spiro atoms. The Hall–Kier alpha value is -8.02. The van der Waals surface area contributed by atoms with Gasteiger partial charge in [0.2, 0.25) is 0 Å². The normalized spacial score (nSPS) is 14.4. The molecule has 5 heteroatoms. The van der Waals surface area contributed by atoms with Gasteiger partial charge in [-0.05, 0) is 93.6 Å². The number of pyridine rings is 2. The minimum absolute atomic E-state index is 0.270. The van der Waals surface area contributed by atoms with E-state index < -0.39 is 0 Å². The van der Waals surface area contributed by atoms with Crippen LogP contribution in [0.5, 0.6) is 0 Å². The first kappa shape index (κ1) is 37.9. The van der Waals surface area contributed by atoms with Crippen LogP contribution in [0.15, 0.2) is 212 Å². The summed E-state index contributed by atoms with van der Waals surface area (Å²) in [6.07, 6.45) is 13.6. The van der Waals surface area contributed by atoms with Crippen LogP contribution in [0.3, 0.4) is 0 Å². The Labute approximate surface area is 368 Å². The summed E-state index contributed by atoms with van der Waals surface area (Å²) in [5.41, 5.74) is 18.4. The second-order valence-electron chi connectivity index (χ2n) is 16.3. The quantitative estimate of drug-likeness (QED) is 0.160. The van der Waals surface area contributed by atoms with E-state index in [-0.39, 0.29) is 6.04 Å². The molecule has 0 saturated carbocycles. The Kier molecular flexibility index (Phi) is 9.70. The molecule has 1 aliphatic heterocycles. The van der Waals surface area contributed by atoms with Crippen molar-refractivity contribution >= 4 is 16.5 Å². The maximum absolute atomic E-state index is 5.40. The molecule has 6 aromatic carbocycles. The van der Waals surface area contributed by atoms with Crippen LogP contribution in [0.25, 0.3) is 95.0 Å². The molecule has 0 radical (unpaired) electrons. The minimum atomic E-state index is 0.270. The third-order valence-corrected chi connectivity index (χ3v) is 12.4. The van der Waals surface area contributed by atoms with Gasteiger partial charge in [-0.2, -0.15) is 0 Å². The topological polar surface area (TPSA) is 54.8 Å². The second-order valence-corrected chi connectivity index (χ2v) is 16.3. The van der Waals surface area contributed by atoms with E-state index in [2.05, 4.69) is 212 Å². The fourth-order valence-corrected chi connectivity index (χ4v) is 8.97. The van der Waals surface area contributed by atoms with Gasteiger partial charge in [-0.3, -0.25) is 4.98 Å². The summed E-state index contributed by atoms with van der Waals surface area (Å²) in [7, 11) is 2.18. The standard InChI is InChI=1S/C58H43N5/c1-38-25-26-43-17-11-24-51-52(35-53(41-13-5-3-6-14-41)60-56(51)57(43)63(38)2)40-29-27-39(28-30-40)44-18-9-21-47(33-44)58-61-54(42-15-7-4-8-16-42)36-55(62-58)46-20-10-19-45(34-46)49-23-12-22-48-37-59-32-31-50(48)49/h3-23,25-38H,24H2,1-2H3. The number of rotatable bonds is 7. The molecule has 9 aromatic rings. The van der Waals surface area contributed by atoms with E-state index in [0.717, 1.165) is 84.7 Å². The second kappa shape index (κ2) is 16.1. The molecule has 1 aliphatic carbocycles. The Morgan fingerprint density at radius 3 is 1.92 bits per heavy atom. The molecule has 0 N–H and O–H groups in total. The molecular formula is C58H43N5. The number of hydrogen-bond donors (Lipinski definition) is 0. The highest BCUT2D eigenvalue weighted by Crippen LogP contribution is 2.40. The third-order valence-electron chi connectivity index (χ3n) is 12.4. The van der Waals surface area contributed by atoms with Gasteiger partial charge < -0.3 is 4.90 Å². The van der Waals surface area contributed by atoms with Crippen molar-refractivity contribution in [1.82, 2.24) is 24.8 Å². The number of aromatic nitrogens is 4. The molecule has 63 heavy (non-hydrogen) atoms. The van der Waals surface area contributed by atoms with Crippen molar-refractivity contribution in [1.29, 1.82) is 0 Å². The predicted molar refractivity (Wildman–Crippen MR) is 259 cm³/mol. The lowest BCUT2D eigenvalue weighted by Crippen LogP contribution is -2.29. The van der Waals surface area contributed by atoms with Crippen molar-refractivity contribution in [2.45, 2.75) is 19.4 Å². The van der Waals surface area contributed by atoms with Crippen LogP contribution >= 0.6 is 0 Å². The van der Waals surface area contributed by atoms with Crippen molar-refractivity contribution < 1.29 is 0 Å². The monoisotopic (exact) mass is 809 g/mol. The summed E-state index contributed by atoms with van der Waals surface area (Å²) in [5.74, 6) is 0.679. The fraction of sp³-hybridized carbons (Fsp3) is 0.0690. The summed E-state index contributed by atoms with van der Waals surface area (Å²) >= 11 is 0. The maximum Gasteiger partial charge on any atom is 0.160 e. The first-order valence-electron chi connectivity index (χ1n) is 21.5. The molecule has 5 nitrogen and oxygen atoms in total. The van der Waals surface area contributed by atoms with Gasteiger partial charge in [0.05, 0.1) is 28.5 Å². The molecule has 2 aliphatic rings. The molecule has 4 heterocycles. The highest BCUT2D eigenvalue weighted by molar-refractivity contribution is 5.97. The summed E-state index contributed by atoms with van der Waals surface area (Å²) in [6, 6.07) is 60.2. The molecule has 300 valence electrons. The zero-order valence-corrected chi connectivity index (χ0v) is 35.2. The van der Waals surface area contributed by atoms with Crippen molar-refractivity contribution in [2.24, 2.45) is 0 Å². The molecule has 3 aromatic heterocycles. The summed E-state index contributed by atoms with van der Waals surface area (Å²) in [6.45, 7) is 2.24. The van der Waals surface area contributed by atoms with Gasteiger partial charge in [0, 0.05) is 53.1 Å². The Bertz CT molecular complexity index is 3270. The fourth-order valence-electron chi connectivity index (χ4n) is 8.97. The maximum atomic E-state index is 5.40. The van der Waals surface area contributed by atoms with Crippen LogP contribution in [0.4, 0.5) is 0 Å². The van der Waals surface area contributed by atoms with Crippen LogP contribution < -0.4 is 0 Å². The van der Waals surface area contributed by atoms with Gasteiger partial charge in [-0.1, -0.05) is 164 Å². The van der Waals surface area contributed by atoms with Gasteiger partial charge in [0.1, 0.15) is 0 Å². The SMILES string of the molecule is CC1C=CC2=C(c3nc(-c4ccccc4)cc(-c4ccc(-c5cccc(-c6nc(-c7ccccc7)cc(-c7cccc(-c8cccc9cnccc89)c7)n6)c5)cc4)c3CC=C2)N1C.